The highest BCUT2D eigenvalue weighted by atomic mass is 35.5. The van der Waals surface area contributed by atoms with Crippen LogP contribution in [0.3, 0.4) is 0 Å². The number of rotatable bonds is 14. The van der Waals surface area contributed by atoms with Crippen molar-refractivity contribution in [1.29, 1.82) is 0 Å². The van der Waals surface area contributed by atoms with Crippen LogP contribution in [0, 0.1) is 10.8 Å². The lowest BCUT2D eigenvalue weighted by Crippen LogP contribution is -2.60. The van der Waals surface area contributed by atoms with Crippen molar-refractivity contribution < 1.29 is 28.8 Å². The second-order valence-corrected chi connectivity index (χ2v) is 23.9. The quantitative estimate of drug-likeness (QED) is 0.148. The molecule has 0 spiro atoms. The second kappa shape index (κ2) is 25.2. The molecular weight excluding hydrogens is 1040 g/mol. The molecule has 6 N–H and O–H groups in total. The molecule has 0 saturated carbocycles. The van der Waals surface area contributed by atoms with Gasteiger partial charge in [-0.2, -0.15) is 0 Å². The summed E-state index contributed by atoms with van der Waals surface area (Å²) in [6.07, 6.45) is 2.33. The molecule has 72 heavy (non-hydrogen) atoms. The number of nitrogens with one attached hydrogen (secondary N) is 6. The van der Waals surface area contributed by atoms with Gasteiger partial charge >= 0.3 is 0 Å². The van der Waals surface area contributed by atoms with Crippen LogP contribution in [-0.4, -0.2) is 164 Å². The minimum atomic E-state index is -1.06. The van der Waals surface area contributed by atoms with E-state index < -0.39 is 58.9 Å². The molecule has 0 aliphatic carbocycles. The number of fused-ring (bicyclic) bond motifs is 2. The lowest BCUT2D eigenvalue weighted by atomic mass is 9.83. The number of piperazine rings is 1. The predicted octanol–water partition coefficient (Wildman–Crippen LogP) is 4.18. The predicted molar refractivity (Wildman–Crippen MR) is 298 cm³/mol. The van der Waals surface area contributed by atoms with Crippen LogP contribution < -0.4 is 31.9 Å². The van der Waals surface area contributed by atoms with E-state index in [0.29, 0.717) is 58.3 Å². The number of thioether (sulfide) groups is 2. The Morgan fingerprint density at radius 1 is 0.597 bits per heavy atom. The van der Waals surface area contributed by atoms with Gasteiger partial charge in [-0.25, -0.2) is 0 Å². The van der Waals surface area contributed by atoms with Gasteiger partial charge in [-0.05, 0) is 87.1 Å². The molecule has 4 unspecified atom stereocenters. The average Bonchev–Trinajstić information content (AvgIpc) is 3.67. The van der Waals surface area contributed by atoms with Gasteiger partial charge in [0.2, 0.25) is 35.4 Å². The summed E-state index contributed by atoms with van der Waals surface area (Å²) in [5.41, 5.74) is -0.0168. The first-order valence-corrected chi connectivity index (χ1v) is 27.3. The molecule has 5 heterocycles. The van der Waals surface area contributed by atoms with Crippen molar-refractivity contribution >= 4 is 118 Å². The highest BCUT2D eigenvalue weighted by Crippen LogP contribution is 2.48. The van der Waals surface area contributed by atoms with Crippen molar-refractivity contribution in [1.82, 2.24) is 51.5 Å². The van der Waals surface area contributed by atoms with E-state index in [1.807, 2.05) is 77.9 Å². The Kier molecular flexibility index (Phi) is 20.7. The van der Waals surface area contributed by atoms with E-state index in [2.05, 4.69) is 31.9 Å². The first-order chi connectivity index (χ1) is 33.3. The molecule has 0 aromatic heterocycles. The fourth-order valence-electron chi connectivity index (χ4n) is 10.4. The van der Waals surface area contributed by atoms with Crippen LogP contribution >= 0.6 is 72.8 Å². The van der Waals surface area contributed by atoms with Crippen LogP contribution in [0.4, 0.5) is 0 Å². The third kappa shape index (κ3) is 12.8. The minimum Gasteiger partial charge on any atom is -0.367 e. The number of halogens is 2. The Balaban J connectivity index is 0.00000481. The van der Waals surface area contributed by atoms with Gasteiger partial charge in [0, 0.05) is 26.2 Å². The number of likely N-dealkylation sites (N-methyl/N-ethyl adjacent to an activating group) is 2. The monoisotopic (exact) mass is 1110 g/mol. The van der Waals surface area contributed by atoms with Crippen LogP contribution in [-0.2, 0) is 28.8 Å². The molecule has 22 heteroatoms. The number of amides is 6. The molecular formula is C50H72Cl2N10O6S4. The fourth-order valence-corrected chi connectivity index (χ4v) is 14.1. The number of hydrogen-bond acceptors (Lipinski definition) is 12. The van der Waals surface area contributed by atoms with Crippen LogP contribution in [0.2, 0.25) is 0 Å². The number of thiocarbonyl (C=S) groups is 2. The SMILES string of the molecule is CNC(C)C(=S)N[C@H]1CCS[C@H]2CC(C)(C)[C@@H](C(=O)NC(C(=O)N3CCN(C(=O)C(NC(=O)[C@H]4N5C(=O)[C@@H](NC(=S)C(C)NC)CCS[C@H]5CC4(C)C)c4ccccc4)CC3)c3ccccc3)N2C1=O.Cl.Cl. The second-order valence-electron chi connectivity index (χ2n) is 20.4. The summed E-state index contributed by atoms with van der Waals surface area (Å²) >= 11 is 14.6. The third-order valence-corrected chi connectivity index (χ3v) is 18.1. The van der Waals surface area contributed by atoms with Gasteiger partial charge in [-0.15, -0.1) is 48.3 Å². The third-order valence-electron chi connectivity index (χ3n) is 14.6. The summed E-state index contributed by atoms with van der Waals surface area (Å²) in [6, 6.07) is 12.9. The highest BCUT2D eigenvalue weighted by Gasteiger charge is 2.56. The van der Waals surface area contributed by atoms with Crippen molar-refractivity contribution in [2.24, 2.45) is 10.8 Å². The van der Waals surface area contributed by atoms with E-state index in [9.17, 15) is 28.8 Å². The summed E-state index contributed by atoms with van der Waals surface area (Å²) in [4.78, 5) is 95.6. The smallest absolute Gasteiger partial charge is 0.249 e. The molecule has 0 radical (unpaired) electrons. The fraction of sp³-hybridized carbons (Fsp3) is 0.600. The zero-order valence-electron chi connectivity index (χ0n) is 42.3. The highest BCUT2D eigenvalue weighted by molar-refractivity contribution is 8.00. The number of carbonyl (C=O) groups is 6. The normalized spacial score (nSPS) is 26.1. The summed E-state index contributed by atoms with van der Waals surface area (Å²) in [5, 5.41) is 18.5. The van der Waals surface area contributed by atoms with E-state index in [0.717, 1.165) is 0 Å². The standard InChI is InChI=1S/C50H70N10O6S4.2ClH/c1-29(51-7)43(67)53-33-19-25-69-35-27-49(3,4)39(59(35)45(33)63)41(61)55-37(31-15-11-9-12-16-31)47(65)57-21-23-58(24-22-57)48(66)38(32-17-13-10-14-18-32)56-42(62)40-50(5,6)28-36-60(40)46(64)34(20-26-70-36)54-44(68)30(2)52-8;;/h9-18,29-30,33-40,51-52H,19-28H2,1-8H3,(H,53,67)(H,54,68)(H,55,61)(H,56,62);2*1H/t29?,30?,33-,34-,35-,36-,37?,38?,39+,40+;;/m0../s1. The van der Waals surface area contributed by atoms with Crippen molar-refractivity contribution in [3.8, 4) is 0 Å². The molecule has 2 aromatic rings. The molecule has 5 aliphatic heterocycles. The van der Waals surface area contributed by atoms with Gasteiger partial charge in [-0.1, -0.05) is 113 Å². The lowest BCUT2D eigenvalue weighted by Gasteiger charge is -2.39. The van der Waals surface area contributed by atoms with Crippen molar-refractivity contribution in [3.05, 3.63) is 71.8 Å². The van der Waals surface area contributed by atoms with E-state index >= 15 is 0 Å². The van der Waals surface area contributed by atoms with Gasteiger partial charge in [-0.3, -0.25) is 28.8 Å². The van der Waals surface area contributed by atoms with Gasteiger partial charge in [0.25, 0.3) is 0 Å². The van der Waals surface area contributed by atoms with E-state index in [1.54, 1.807) is 81.5 Å². The molecule has 5 fully saturated rings. The lowest BCUT2D eigenvalue weighted by molar-refractivity contribution is -0.147. The largest absolute Gasteiger partial charge is 0.367 e. The van der Waals surface area contributed by atoms with E-state index in [-0.39, 0.29) is 97.5 Å². The Labute approximate surface area is 456 Å². The summed E-state index contributed by atoms with van der Waals surface area (Å²) in [5.74, 6) is -0.440. The molecule has 0 bridgehead atoms. The molecule has 2 aromatic carbocycles. The Hall–Kier alpha value is -3.76. The molecule has 10 atom stereocenters. The minimum absolute atomic E-state index is 0. The maximum absolute atomic E-state index is 14.7. The molecule has 7 rings (SSSR count). The topological polar surface area (TPSA) is 188 Å². The van der Waals surface area contributed by atoms with Crippen molar-refractivity contribution in [2.75, 3.05) is 51.8 Å². The van der Waals surface area contributed by atoms with Gasteiger partial charge in [0.1, 0.15) is 36.3 Å². The first kappa shape index (κ1) is 59.1. The summed E-state index contributed by atoms with van der Waals surface area (Å²) < 4.78 is 0. The summed E-state index contributed by atoms with van der Waals surface area (Å²) in [7, 11) is 3.61. The van der Waals surface area contributed by atoms with Crippen molar-refractivity contribution in [3.63, 3.8) is 0 Å². The Bertz CT molecular complexity index is 2140. The molecule has 396 valence electrons. The van der Waals surface area contributed by atoms with Crippen LogP contribution in [0.1, 0.15) is 90.4 Å². The van der Waals surface area contributed by atoms with Gasteiger partial charge in [0.05, 0.1) is 32.8 Å². The maximum Gasteiger partial charge on any atom is 0.249 e. The van der Waals surface area contributed by atoms with Crippen LogP contribution in [0.5, 0.6) is 0 Å². The van der Waals surface area contributed by atoms with E-state index in [4.69, 9.17) is 24.4 Å². The number of nitrogens with zero attached hydrogens (tertiary/aromatic N) is 4. The maximum atomic E-state index is 14.7. The molecule has 6 amide bonds. The Morgan fingerprint density at radius 3 is 1.25 bits per heavy atom. The zero-order chi connectivity index (χ0) is 50.7. The average molecular weight is 1110 g/mol. The number of hydrogen-bond donors (Lipinski definition) is 6. The summed E-state index contributed by atoms with van der Waals surface area (Å²) in [6.45, 7) is 12.5. The van der Waals surface area contributed by atoms with Crippen LogP contribution in [0.15, 0.2) is 60.7 Å². The van der Waals surface area contributed by atoms with Crippen molar-refractivity contribution in [2.45, 2.75) is 126 Å². The van der Waals surface area contributed by atoms with Gasteiger partial charge < -0.3 is 51.5 Å². The van der Waals surface area contributed by atoms with E-state index in [1.165, 1.54) is 0 Å². The number of benzene rings is 2. The molecule has 5 saturated heterocycles. The molecule has 16 nitrogen and oxygen atoms in total. The zero-order valence-corrected chi connectivity index (χ0v) is 47.2. The van der Waals surface area contributed by atoms with Crippen LogP contribution in [0.25, 0.3) is 0 Å². The first-order valence-electron chi connectivity index (χ1n) is 24.4. The van der Waals surface area contributed by atoms with Gasteiger partial charge in [0.15, 0.2) is 0 Å². The molecule has 5 aliphatic rings. The number of carbonyl (C=O) groups excluding carboxylic acids is 6. The Morgan fingerprint density at radius 2 is 0.931 bits per heavy atom.